The second-order valence-electron chi connectivity index (χ2n) is 8.94. The van der Waals surface area contributed by atoms with E-state index in [9.17, 15) is 9.67 Å². The molecule has 5 heteroatoms. The van der Waals surface area contributed by atoms with Gasteiger partial charge < -0.3 is 5.11 Å². The molecule has 0 aliphatic carbocycles. The smallest absolute Gasteiger partial charge is 0.365 e. The third-order valence-corrected chi connectivity index (χ3v) is 8.22. The van der Waals surface area contributed by atoms with E-state index >= 15 is 0 Å². The minimum Gasteiger partial charge on any atom is -0.376 e. The van der Waals surface area contributed by atoms with Crippen LogP contribution in [0.25, 0.3) is 0 Å². The highest BCUT2D eigenvalue weighted by molar-refractivity contribution is 7.54. The standard InChI is InChI=1S/C33H29O4P/c34-33(30-24-14-5-15-25-30)38(35,36-31(26-16-6-1-7-17-26)27-18-8-2-9-19-27)37-32(28-20-10-3-11-21-28)29-22-12-4-13-23-29/h1-25,31-34H. The first kappa shape index (κ1) is 25.8. The van der Waals surface area contributed by atoms with Gasteiger partial charge in [0.2, 0.25) is 0 Å². The van der Waals surface area contributed by atoms with Crippen LogP contribution in [0.2, 0.25) is 0 Å². The molecule has 0 spiro atoms. The van der Waals surface area contributed by atoms with Crippen molar-refractivity contribution in [2.75, 3.05) is 0 Å². The monoisotopic (exact) mass is 520 g/mol. The zero-order valence-corrected chi connectivity index (χ0v) is 21.7. The van der Waals surface area contributed by atoms with Gasteiger partial charge in [-0.15, -0.1) is 0 Å². The summed E-state index contributed by atoms with van der Waals surface area (Å²) in [6, 6.07) is 47.2. The molecule has 0 fully saturated rings. The van der Waals surface area contributed by atoms with E-state index in [4.69, 9.17) is 9.05 Å². The maximum Gasteiger partial charge on any atom is 0.365 e. The Balaban J connectivity index is 1.62. The molecule has 190 valence electrons. The summed E-state index contributed by atoms with van der Waals surface area (Å²) in [6.07, 6.45) is -1.46. The molecule has 0 aliphatic rings. The number of benzene rings is 5. The molecule has 0 aliphatic heterocycles. The van der Waals surface area contributed by atoms with Crippen molar-refractivity contribution in [1.82, 2.24) is 0 Å². The number of aliphatic hydroxyl groups excluding tert-OH is 1. The molecule has 0 aromatic heterocycles. The van der Waals surface area contributed by atoms with Crippen molar-refractivity contribution in [2.24, 2.45) is 0 Å². The normalized spacial score (nSPS) is 12.5. The van der Waals surface area contributed by atoms with Crippen LogP contribution >= 0.6 is 7.60 Å². The van der Waals surface area contributed by atoms with Gasteiger partial charge in [0, 0.05) is 0 Å². The molecule has 0 bridgehead atoms. The summed E-state index contributed by atoms with van der Waals surface area (Å²) in [4.78, 5) is 0. The molecular formula is C33H29O4P. The Hall–Kier alpha value is -3.79. The fourth-order valence-electron chi connectivity index (χ4n) is 4.38. The first-order valence-electron chi connectivity index (χ1n) is 12.5. The molecule has 38 heavy (non-hydrogen) atoms. The van der Waals surface area contributed by atoms with Gasteiger partial charge in [-0.05, 0) is 27.8 Å². The van der Waals surface area contributed by atoms with Crippen LogP contribution in [0.4, 0.5) is 0 Å². The van der Waals surface area contributed by atoms with Gasteiger partial charge in [0.15, 0.2) is 5.85 Å². The van der Waals surface area contributed by atoms with Gasteiger partial charge in [-0.25, -0.2) is 0 Å². The number of hydrogen-bond donors (Lipinski definition) is 1. The van der Waals surface area contributed by atoms with Crippen LogP contribution in [-0.2, 0) is 13.6 Å². The maximum atomic E-state index is 14.9. The lowest BCUT2D eigenvalue weighted by Crippen LogP contribution is -2.14. The van der Waals surface area contributed by atoms with Crippen molar-refractivity contribution in [3.63, 3.8) is 0 Å². The number of hydrogen-bond acceptors (Lipinski definition) is 4. The summed E-state index contributed by atoms with van der Waals surface area (Å²) >= 11 is 0. The van der Waals surface area contributed by atoms with Crippen molar-refractivity contribution in [3.05, 3.63) is 179 Å². The molecule has 1 atom stereocenters. The molecule has 4 nitrogen and oxygen atoms in total. The van der Waals surface area contributed by atoms with Gasteiger partial charge in [-0.2, -0.15) is 0 Å². The minimum absolute atomic E-state index is 0.454. The average molecular weight is 521 g/mol. The second kappa shape index (κ2) is 12.2. The Morgan fingerprint density at radius 3 is 0.921 bits per heavy atom. The lowest BCUT2D eigenvalue weighted by Gasteiger charge is -2.32. The molecule has 0 saturated heterocycles. The van der Waals surface area contributed by atoms with E-state index in [0.29, 0.717) is 5.56 Å². The minimum atomic E-state index is -4.25. The zero-order chi connectivity index (χ0) is 26.2. The van der Waals surface area contributed by atoms with Crippen molar-refractivity contribution in [1.29, 1.82) is 0 Å². The van der Waals surface area contributed by atoms with Gasteiger partial charge in [0.25, 0.3) is 0 Å². The van der Waals surface area contributed by atoms with E-state index in [1.807, 2.05) is 127 Å². The SMILES string of the molecule is O=P(OC(c1ccccc1)c1ccccc1)(OC(c1ccccc1)c1ccccc1)C(O)c1ccccc1. The van der Waals surface area contributed by atoms with Crippen LogP contribution < -0.4 is 0 Å². The first-order valence-corrected chi connectivity index (χ1v) is 14.1. The Morgan fingerprint density at radius 1 is 0.421 bits per heavy atom. The highest BCUT2D eigenvalue weighted by Crippen LogP contribution is 2.65. The molecule has 1 unspecified atom stereocenters. The van der Waals surface area contributed by atoms with Gasteiger partial charge in [-0.3, -0.25) is 13.6 Å². The van der Waals surface area contributed by atoms with Gasteiger partial charge >= 0.3 is 7.60 Å². The van der Waals surface area contributed by atoms with Gasteiger partial charge in [0.1, 0.15) is 12.2 Å². The molecule has 5 rings (SSSR count). The molecule has 0 radical (unpaired) electrons. The third-order valence-electron chi connectivity index (χ3n) is 6.31. The van der Waals surface area contributed by atoms with E-state index in [0.717, 1.165) is 22.3 Å². The maximum absolute atomic E-state index is 14.9. The van der Waals surface area contributed by atoms with Crippen LogP contribution in [0, 0.1) is 0 Å². The Kier molecular flexibility index (Phi) is 8.28. The van der Waals surface area contributed by atoms with E-state index < -0.39 is 25.6 Å². The third kappa shape index (κ3) is 6.02. The number of rotatable bonds is 10. The molecule has 0 heterocycles. The topological polar surface area (TPSA) is 55.8 Å². The van der Waals surface area contributed by atoms with Crippen molar-refractivity contribution >= 4 is 7.60 Å². The molecular weight excluding hydrogens is 491 g/mol. The fraction of sp³-hybridized carbons (Fsp3) is 0.0909. The average Bonchev–Trinajstić information content (AvgIpc) is 3.00. The predicted octanol–water partition coefficient (Wildman–Crippen LogP) is 8.48. The summed E-state index contributed by atoms with van der Waals surface area (Å²) < 4.78 is 27.9. The second-order valence-corrected chi connectivity index (χ2v) is 10.9. The van der Waals surface area contributed by atoms with Crippen LogP contribution in [0.15, 0.2) is 152 Å². The molecule has 0 amide bonds. The van der Waals surface area contributed by atoms with Crippen molar-refractivity contribution in [2.45, 2.75) is 18.1 Å². The highest BCUT2D eigenvalue weighted by Gasteiger charge is 2.42. The Morgan fingerprint density at radius 2 is 0.658 bits per heavy atom. The zero-order valence-electron chi connectivity index (χ0n) is 20.8. The molecule has 1 N–H and O–H groups in total. The molecule has 5 aromatic rings. The van der Waals surface area contributed by atoms with Crippen LogP contribution in [-0.4, -0.2) is 5.11 Å². The van der Waals surface area contributed by atoms with Gasteiger partial charge in [-0.1, -0.05) is 152 Å². The number of aliphatic hydroxyl groups is 1. The fourth-order valence-corrected chi connectivity index (χ4v) is 6.27. The van der Waals surface area contributed by atoms with Crippen LogP contribution in [0.1, 0.15) is 45.9 Å². The van der Waals surface area contributed by atoms with E-state index in [2.05, 4.69) is 0 Å². The summed E-state index contributed by atoms with van der Waals surface area (Å²) in [5.74, 6) is -1.51. The summed E-state index contributed by atoms with van der Waals surface area (Å²) in [6.45, 7) is 0. The Labute approximate surface area is 223 Å². The van der Waals surface area contributed by atoms with E-state index in [-0.39, 0.29) is 0 Å². The van der Waals surface area contributed by atoms with Crippen LogP contribution in [0.3, 0.4) is 0 Å². The van der Waals surface area contributed by atoms with Crippen molar-refractivity contribution in [3.8, 4) is 0 Å². The quantitative estimate of drug-likeness (QED) is 0.188. The molecule has 5 aromatic carbocycles. The van der Waals surface area contributed by atoms with Gasteiger partial charge in [0.05, 0.1) is 0 Å². The molecule has 0 saturated carbocycles. The summed E-state index contributed by atoms with van der Waals surface area (Å²) in [7, 11) is -4.25. The van der Waals surface area contributed by atoms with E-state index in [1.165, 1.54) is 0 Å². The van der Waals surface area contributed by atoms with Crippen LogP contribution in [0.5, 0.6) is 0 Å². The van der Waals surface area contributed by atoms with Crippen molar-refractivity contribution < 1.29 is 18.7 Å². The Bertz CT molecular complexity index is 1280. The summed E-state index contributed by atoms with van der Waals surface area (Å²) in [5.41, 5.74) is 3.67. The highest BCUT2D eigenvalue weighted by atomic mass is 31.2. The lowest BCUT2D eigenvalue weighted by atomic mass is 10.0. The first-order chi connectivity index (χ1) is 18.6. The lowest BCUT2D eigenvalue weighted by molar-refractivity contribution is 0.102. The van der Waals surface area contributed by atoms with E-state index in [1.54, 1.807) is 24.3 Å². The predicted molar refractivity (Wildman–Crippen MR) is 151 cm³/mol. The summed E-state index contributed by atoms with van der Waals surface area (Å²) in [5, 5.41) is 11.6. The largest absolute Gasteiger partial charge is 0.376 e.